The Morgan fingerprint density at radius 1 is 1.19 bits per heavy atom. The highest BCUT2D eigenvalue weighted by atomic mass is 15.1. The van der Waals surface area contributed by atoms with Crippen molar-refractivity contribution in [1.29, 1.82) is 5.26 Å². The minimum atomic E-state index is 0.0962. The van der Waals surface area contributed by atoms with Crippen LogP contribution < -0.4 is 11.1 Å². The summed E-state index contributed by atoms with van der Waals surface area (Å²) < 4.78 is 0. The minimum Gasteiger partial charge on any atom is -0.369 e. The van der Waals surface area contributed by atoms with E-state index >= 15 is 0 Å². The molecule has 0 radical (unpaired) electrons. The van der Waals surface area contributed by atoms with Crippen LogP contribution in [0.5, 0.6) is 0 Å². The highest BCUT2D eigenvalue weighted by molar-refractivity contribution is 5.95. The summed E-state index contributed by atoms with van der Waals surface area (Å²) in [5.74, 6) is 0.0962. The van der Waals surface area contributed by atoms with Crippen molar-refractivity contribution in [3.8, 4) is 6.19 Å². The summed E-state index contributed by atoms with van der Waals surface area (Å²) >= 11 is 0. The predicted molar refractivity (Wildman–Crippen MR) is 64.0 cm³/mol. The maximum absolute atomic E-state index is 8.41. The molecule has 0 aliphatic rings. The second-order valence-electron chi connectivity index (χ2n) is 3.23. The first-order chi connectivity index (χ1) is 7.81. The zero-order chi connectivity index (χ0) is 11.4. The molecule has 0 unspecified atom stereocenters. The smallest absolute Gasteiger partial charge is 0.207 e. The quantitative estimate of drug-likeness (QED) is 0.326. The van der Waals surface area contributed by atoms with Gasteiger partial charge in [0.15, 0.2) is 6.19 Å². The van der Waals surface area contributed by atoms with Gasteiger partial charge in [-0.2, -0.15) is 5.26 Å². The standard InChI is InChI=1S/C12H10N4/c13-8-15-12(14)16-11-7-3-5-9-4-1-2-6-10(9)11/h1-7H,(H3,14,15,16). The number of guanidine groups is 1. The Kier molecular flexibility index (Phi) is 2.70. The van der Waals surface area contributed by atoms with Gasteiger partial charge in [0, 0.05) is 5.39 Å². The maximum Gasteiger partial charge on any atom is 0.207 e. The molecule has 0 fully saturated rings. The first-order valence-corrected chi connectivity index (χ1v) is 4.78. The Morgan fingerprint density at radius 3 is 2.75 bits per heavy atom. The van der Waals surface area contributed by atoms with Crippen LogP contribution in [-0.2, 0) is 0 Å². The van der Waals surface area contributed by atoms with E-state index in [1.807, 2.05) is 42.5 Å². The van der Waals surface area contributed by atoms with Gasteiger partial charge in [-0.15, -0.1) is 0 Å². The number of nitriles is 1. The van der Waals surface area contributed by atoms with Crippen LogP contribution >= 0.6 is 0 Å². The first-order valence-electron chi connectivity index (χ1n) is 4.78. The van der Waals surface area contributed by atoms with Crippen molar-refractivity contribution in [2.24, 2.45) is 10.7 Å². The summed E-state index contributed by atoms with van der Waals surface area (Å²) in [6, 6.07) is 13.6. The Bertz CT molecular complexity index is 576. The molecule has 0 aliphatic carbocycles. The number of aliphatic imine (C=N–C) groups is 1. The normalized spacial score (nSPS) is 11.1. The van der Waals surface area contributed by atoms with Gasteiger partial charge in [-0.3, -0.25) is 5.32 Å². The fraction of sp³-hybridized carbons (Fsp3) is 0. The van der Waals surface area contributed by atoms with Gasteiger partial charge in [0.05, 0.1) is 5.69 Å². The molecule has 16 heavy (non-hydrogen) atoms. The van der Waals surface area contributed by atoms with E-state index < -0.39 is 0 Å². The molecular formula is C12H10N4. The number of hydrogen-bond acceptors (Lipinski definition) is 2. The number of rotatable bonds is 1. The molecule has 0 bridgehead atoms. The van der Waals surface area contributed by atoms with Gasteiger partial charge < -0.3 is 5.73 Å². The first kappa shape index (κ1) is 9.99. The molecule has 0 aromatic heterocycles. The minimum absolute atomic E-state index is 0.0962. The van der Waals surface area contributed by atoms with Gasteiger partial charge in [-0.05, 0) is 11.5 Å². The molecular weight excluding hydrogens is 200 g/mol. The Balaban J connectivity index is 2.53. The summed E-state index contributed by atoms with van der Waals surface area (Å²) in [5.41, 5.74) is 6.27. The lowest BCUT2D eigenvalue weighted by Crippen LogP contribution is -2.26. The van der Waals surface area contributed by atoms with Crippen molar-refractivity contribution in [2.45, 2.75) is 0 Å². The second-order valence-corrected chi connectivity index (χ2v) is 3.23. The van der Waals surface area contributed by atoms with Crippen LogP contribution in [0.25, 0.3) is 10.8 Å². The van der Waals surface area contributed by atoms with Gasteiger partial charge in [-0.1, -0.05) is 36.4 Å². The number of nitrogens with two attached hydrogens (primary N) is 1. The third-order valence-electron chi connectivity index (χ3n) is 2.19. The van der Waals surface area contributed by atoms with Crippen molar-refractivity contribution in [1.82, 2.24) is 5.32 Å². The average Bonchev–Trinajstić information content (AvgIpc) is 2.30. The van der Waals surface area contributed by atoms with E-state index in [-0.39, 0.29) is 5.96 Å². The molecule has 0 heterocycles. The lowest BCUT2D eigenvalue weighted by molar-refractivity contribution is 1.22. The van der Waals surface area contributed by atoms with E-state index in [0.29, 0.717) is 0 Å². The summed E-state index contributed by atoms with van der Waals surface area (Å²) in [5, 5.41) is 12.8. The van der Waals surface area contributed by atoms with Crippen LogP contribution in [0.1, 0.15) is 0 Å². The van der Waals surface area contributed by atoms with Gasteiger partial charge in [-0.25, -0.2) is 4.99 Å². The van der Waals surface area contributed by atoms with Crippen LogP contribution in [0.2, 0.25) is 0 Å². The molecule has 0 aliphatic heterocycles. The molecule has 0 amide bonds. The van der Waals surface area contributed by atoms with E-state index in [2.05, 4.69) is 10.3 Å². The molecule has 2 aromatic rings. The zero-order valence-corrected chi connectivity index (χ0v) is 8.51. The number of nitrogens with one attached hydrogen (secondary N) is 1. The number of benzene rings is 2. The fourth-order valence-corrected chi connectivity index (χ4v) is 1.52. The van der Waals surface area contributed by atoms with E-state index in [4.69, 9.17) is 11.0 Å². The van der Waals surface area contributed by atoms with Crippen molar-refractivity contribution in [3.63, 3.8) is 0 Å². The molecule has 0 saturated carbocycles. The summed E-state index contributed by atoms with van der Waals surface area (Å²) in [7, 11) is 0. The SMILES string of the molecule is N#CNC(N)=Nc1cccc2ccccc12. The van der Waals surface area contributed by atoms with E-state index in [9.17, 15) is 0 Å². The molecule has 2 rings (SSSR count). The molecule has 2 aromatic carbocycles. The summed E-state index contributed by atoms with van der Waals surface area (Å²) in [6.45, 7) is 0. The lowest BCUT2D eigenvalue weighted by atomic mass is 10.1. The van der Waals surface area contributed by atoms with Crippen LogP contribution in [0.3, 0.4) is 0 Å². The number of hydrogen-bond donors (Lipinski definition) is 2. The van der Waals surface area contributed by atoms with Crippen LogP contribution in [-0.4, -0.2) is 5.96 Å². The maximum atomic E-state index is 8.41. The molecule has 0 spiro atoms. The summed E-state index contributed by atoms with van der Waals surface area (Å²) in [4.78, 5) is 4.14. The van der Waals surface area contributed by atoms with Crippen LogP contribution in [0.15, 0.2) is 47.5 Å². The molecule has 78 valence electrons. The molecule has 0 atom stereocenters. The van der Waals surface area contributed by atoms with E-state index in [1.54, 1.807) is 6.19 Å². The van der Waals surface area contributed by atoms with Crippen molar-refractivity contribution >= 4 is 22.4 Å². The average molecular weight is 210 g/mol. The Morgan fingerprint density at radius 2 is 1.94 bits per heavy atom. The third kappa shape index (κ3) is 1.93. The molecule has 4 heteroatoms. The molecule has 3 N–H and O–H groups in total. The van der Waals surface area contributed by atoms with Crippen LogP contribution in [0.4, 0.5) is 5.69 Å². The number of fused-ring (bicyclic) bond motifs is 1. The van der Waals surface area contributed by atoms with E-state index in [1.165, 1.54) is 0 Å². The topological polar surface area (TPSA) is 74.2 Å². The highest BCUT2D eigenvalue weighted by Crippen LogP contribution is 2.25. The van der Waals surface area contributed by atoms with Gasteiger partial charge in [0.1, 0.15) is 0 Å². The Labute approximate surface area is 93.0 Å². The zero-order valence-electron chi connectivity index (χ0n) is 8.51. The monoisotopic (exact) mass is 210 g/mol. The van der Waals surface area contributed by atoms with Gasteiger partial charge in [0.2, 0.25) is 5.96 Å². The van der Waals surface area contributed by atoms with Crippen molar-refractivity contribution < 1.29 is 0 Å². The molecule has 0 saturated heterocycles. The van der Waals surface area contributed by atoms with Gasteiger partial charge in [0.25, 0.3) is 0 Å². The summed E-state index contributed by atoms with van der Waals surface area (Å²) in [6.07, 6.45) is 1.73. The fourth-order valence-electron chi connectivity index (χ4n) is 1.52. The van der Waals surface area contributed by atoms with Crippen molar-refractivity contribution in [2.75, 3.05) is 0 Å². The van der Waals surface area contributed by atoms with Crippen molar-refractivity contribution in [3.05, 3.63) is 42.5 Å². The largest absolute Gasteiger partial charge is 0.369 e. The predicted octanol–water partition coefficient (Wildman–Crippen LogP) is 1.86. The highest BCUT2D eigenvalue weighted by Gasteiger charge is 1.99. The lowest BCUT2D eigenvalue weighted by Gasteiger charge is -2.02. The molecule has 4 nitrogen and oxygen atoms in total. The number of nitrogens with zero attached hydrogens (tertiary/aromatic N) is 2. The van der Waals surface area contributed by atoms with E-state index in [0.717, 1.165) is 16.5 Å². The van der Waals surface area contributed by atoms with Crippen LogP contribution in [0, 0.1) is 11.5 Å². The Hall–Kier alpha value is -2.54. The third-order valence-corrected chi connectivity index (χ3v) is 2.19. The second kappa shape index (κ2) is 4.32. The van der Waals surface area contributed by atoms with Gasteiger partial charge >= 0.3 is 0 Å².